The van der Waals surface area contributed by atoms with Crippen LogP contribution in [-0.4, -0.2) is 43.2 Å². The second kappa shape index (κ2) is 9.23. The van der Waals surface area contributed by atoms with E-state index in [1.54, 1.807) is 25.1 Å². The quantitative estimate of drug-likeness (QED) is 0.512. The van der Waals surface area contributed by atoms with Gasteiger partial charge in [0, 0.05) is 36.6 Å². The molecule has 1 saturated heterocycles. The summed E-state index contributed by atoms with van der Waals surface area (Å²) in [5.41, 5.74) is 1.55. The number of rotatable bonds is 7. The van der Waals surface area contributed by atoms with Gasteiger partial charge in [0.15, 0.2) is 0 Å². The zero-order chi connectivity index (χ0) is 21.7. The predicted octanol–water partition coefficient (Wildman–Crippen LogP) is 3.13. The van der Waals surface area contributed by atoms with Gasteiger partial charge in [-0.25, -0.2) is 8.42 Å². The van der Waals surface area contributed by atoms with Crippen LogP contribution >= 0.6 is 0 Å². The van der Waals surface area contributed by atoms with Crippen LogP contribution in [0, 0.1) is 17.0 Å². The van der Waals surface area contributed by atoms with Crippen LogP contribution in [-0.2, 0) is 14.8 Å². The molecule has 3 rings (SSSR count). The minimum absolute atomic E-state index is 0.0703. The topological polar surface area (TPSA) is 122 Å². The Balaban J connectivity index is 1.66. The molecule has 9 nitrogen and oxygen atoms in total. The lowest BCUT2D eigenvalue weighted by molar-refractivity contribution is -0.384. The number of non-ortho nitro benzene ring substituents is 1. The molecule has 0 atom stereocenters. The molecule has 0 aliphatic carbocycles. The van der Waals surface area contributed by atoms with Gasteiger partial charge in [-0.15, -0.1) is 0 Å². The molecule has 0 spiro atoms. The summed E-state index contributed by atoms with van der Waals surface area (Å²) in [5, 5.41) is 16.5. The third kappa shape index (κ3) is 5.14. The van der Waals surface area contributed by atoms with Crippen molar-refractivity contribution >= 4 is 33.0 Å². The maximum absolute atomic E-state index is 12.8. The predicted molar refractivity (Wildman–Crippen MR) is 114 cm³/mol. The van der Waals surface area contributed by atoms with Crippen LogP contribution < -0.4 is 10.6 Å². The van der Waals surface area contributed by atoms with Crippen molar-refractivity contribution in [1.82, 2.24) is 4.31 Å². The van der Waals surface area contributed by atoms with Crippen LogP contribution in [0.3, 0.4) is 0 Å². The third-order valence-corrected chi connectivity index (χ3v) is 6.84. The Hall–Kier alpha value is -2.98. The van der Waals surface area contributed by atoms with Gasteiger partial charge in [-0.3, -0.25) is 14.9 Å². The van der Waals surface area contributed by atoms with Crippen molar-refractivity contribution < 1.29 is 18.1 Å². The molecular formula is C20H24N4O5S. The van der Waals surface area contributed by atoms with E-state index in [1.165, 1.54) is 28.6 Å². The van der Waals surface area contributed by atoms with E-state index in [0.717, 1.165) is 24.8 Å². The maximum atomic E-state index is 12.8. The largest absolute Gasteiger partial charge is 0.376 e. The second-order valence-corrected chi connectivity index (χ2v) is 9.09. The Kier molecular flexibility index (Phi) is 6.68. The Morgan fingerprint density at radius 3 is 2.57 bits per heavy atom. The number of carbonyl (C=O) groups is 1. The summed E-state index contributed by atoms with van der Waals surface area (Å²) in [6.07, 6.45) is 2.72. The van der Waals surface area contributed by atoms with Crippen LogP contribution in [0.4, 0.5) is 17.1 Å². The molecule has 0 radical (unpaired) electrons. The molecule has 10 heteroatoms. The van der Waals surface area contributed by atoms with Crippen LogP contribution in [0.2, 0.25) is 0 Å². The molecule has 0 aromatic heterocycles. The molecule has 1 amide bonds. The summed E-state index contributed by atoms with van der Waals surface area (Å²) in [6.45, 7) is 2.67. The zero-order valence-corrected chi connectivity index (χ0v) is 17.4. The van der Waals surface area contributed by atoms with Crippen molar-refractivity contribution in [3.63, 3.8) is 0 Å². The number of nitrogens with zero attached hydrogens (tertiary/aromatic N) is 2. The molecule has 2 aromatic rings. The number of hydrogen-bond acceptors (Lipinski definition) is 6. The fraction of sp³-hybridized carbons (Fsp3) is 0.350. The van der Waals surface area contributed by atoms with Crippen molar-refractivity contribution in [1.29, 1.82) is 0 Å². The van der Waals surface area contributed by atoms with E-state index in [9.17, 15) is 23.3 Å². The number of benzene rings is 2. The monoisotopic (exact) mass is 432 g/mol. The van der Waals surface area contributed by atoms with Gasteiger partial charge in [0.1, 0.15) is 0 Å². The van der Waals surface area contributed by atoms with Crippen LogP contribution in [0.15, 0.2) is 47.4 Å². The first-order valence-corrected chi connectivity index (χ1v) is 11.1. The first-order valence-electron chi connectivity index (χ1n) is 9.66. The highest BCUT2D eigenvalue weighted by atomic mass is 32.2. The average molecular weight is 433 g/mol. The van der Waals surface area contributed by atoms with Crippen LogP contribution in [0.25, 0.3) is 0 Å². The van der Waals surface area contributed by atoms with E-state index < -0.39 is 20.9 Å². The number of sulfonamides is 1. The molecule has 1 heterocycles. The fourth-order valence-electron chi connectivity index (χ4n) is 3.28. The summed E-state index contributed by atoms with van der Waals surface area (Å²) >= 11 is 0. The number of nitrogens with one attached hydrogen (secondary N) is 2. The number of nitro benzene ring substituents is 1. The molecule has 30 heavy (non-hydrogen) atoms. The summed E-state index contributed by atoms with van der Waals surface area (Å²) < 4.78 is 27.1. The molecule has 1 fully saturated rings. The standard InChI is InChI=1S/C20H24N4O5S/c1-15-8-9-17(24(26)27)13-19(15)21-14-20(25)22-16-6-5-7-18(12-16)30(28,29)23-10-3-2-4-11-23/h5-9,12-13,21H,2-4,10-11,14H2,1H3,(H,22,25). The van der Waals surface area contributed by atoms with E-state index in [1.807, 2.05) is 0 Å². The lowest BCUT2D eigenvalue weighted by Gasteiger charge is -2.26. The highest BCUT2D eigenvalue weighted by Gasteiger charge is 2.26. The van der Waals surface area contributed by atoms with E-state index in [4.69, 9.17) is 0 Å². The minimum Gasteiger partial charge on any atom is -0.376 e. The van der Waals surface area contributed by atoms with E-state index >= 15 is 0 Å². The molecule has 1 aliphatic heterocycles. The molecule has 0 unspecified atom stereocenters. The maximum Gasteiger partial charge on any atom is 0.271 e. The van der Waals surface area contributed by atoms with E-state index in [0.29, 0.717) is 24.5 Å². The molecule has 0 bridgehead atoms. The first-order chi connectivity index (χ1) is 14.3. The van der Waals surface area contributed by atoms with Crippen molar-refractivity contribution in [2.45, 2.75) is 31.1 Å². The van der Waals surface area contributed by atoms with Crippen LogP contribution in [0.5, 0.6) is 0 Å². The molecule has 1 aliphatic rings. The summed E-state index contributed by atoms with van der Waals surface area (Å²) in [5.74, 6) is -0.395. The highest BCUT2D eigenvalue weighted by Crippen LogP contribution is 2.24. The van der Waals surface area contributed by atoms with Gasteiger partial charge < -0.3 is 10.6 Å². The van der Waals surface area contributed by atoms with Gasteiger partial charge >= 0.3 is 0 Å². The van der Waals surface area contributed by atoms with Crippen molar-refractivity contribution in [3.8, 4) is 0 Å². The fourth-order valence-corrected chi connectivity index (χ4v) is 4.85. The second-order valence-electron chi connectivity index (χ2n) is 7.15. The molecular weight excluding hydrogens is 408 g/mol. The smallest absolute Gasteiger partial charge is 0.271 e. The van der Waals surface area contributed by atoms with Gasteiger partial charge in [0.25, 0.3) is 5.69 Å². The third-order valence-electron chi connectivity index (χ3n) is 4.94. The number of nitro groups is 1. The van der Waals surface area contributed by atoms with E-state index in [-0.39, 0.29) is 17.1 Å². The van der Waals surface area contributed by atoms with Crippen molar-refractivity contribution in [3.05, 3.63) is 58.1 Å². The summed E-state index contributed by atoms with van der Waals surface area (Å²) in [6, 6.07) is 10.5. The average Bonchev–Trinajstić information content (AvgIpc) is 2.74. The van der Waals surface area contributed by atoms with Crippen LogP contribution in [0.1, 0.15) is 24.8 Å². The van der Waals surface area contributed by atoms with E-state index in [2.05, 4.69) is 10.6 Å². The molecule has 2 aromatic carbocycles. The number of carbonyl (C=O) groups excluding carboxylic acids is 1. The number of hydrogen-bond donors (Lipinski definition) is 2. The summed E-state index contributed by atoms with van der Waals surface area (Å²) in [7, 11) is -3.59. The Labute approximate surface area is 175 Å². The number of aryl methyl sites for hydroxylation is 1. The SMILES string of the molecule is Cc1ccc([N+](=O)[O-])cc1NCC(=O)Nc1cccc(S(=O)(=O)N2CCCCC2)c1. The number of piperidine rings is 1. The molecule has 2 N–H and O–H groups in total. The lowest BCUT2D eigenvalue weighted by Crippen LogP contribution is -2.35. The van der Waals surface area contributed by atoms with Crippen molar-refractivity contribution in [2.75, 3.05) is 30.3 Å². The Bertz CT molecular complexity index is 1050. The lowest BCUT2D eigenvalue weighted by atomic mass is 10.2. The Morgan fingerprint density at radius 1 is 1.13 bits per heavy atom. The first kappa shape index (κ1) is 21.7. The summed E-state index contributed by atoms with van der Waals surface area (Å²) in [4.78, 5) is 22.9. The number of amides is 1. The van der Waals surface area contributed by atoms with Gasteiger partial charge in [-0.05, 0) is 43.5 Å². The van der Waals surface area contributed by atoms with Crippen molar-refractivity contribution in [2.24, 2.45) is 0 Å². The highest BCUT2D eigenvalue weighted by molar-refractivity contribution is 7.89. The molecule has 0 saturated carbocycles. The van der Waals surface area contributed by atoms with Gasteiger partial charge in [0.2, 0.25) is 15.9 Å². The Morgan fingerprint density at radius 2 is 1.87 bits per heavy atom. The molecule has 160 valence electrons. The minimum atomic E-state index is -3.59. The number of anilines is 2. The normalized spacial score (nSPS) is 14.8. The van der Waals surface area contributed by atoms with Gasteiger partial charge in [-0.1, -0.05) is 18.6 Å². The van der Waals surface area contributed by atoms with Gasteiger partial charge in [0.05, 0.1) is 16.4 Å². The van der Waals surface area contributed by atoms with Gasteiger partial charge in [-0.2, -0.15) is 4.31 Å². The zero-order valence-electron chi connectivity index (χ0n) is 16.6.